The monoisotopic (exact) mass is 357 g/mol. The summed E-state index contributed by atoms with van der Waals surface area (Å²) >= 11 is 0. The van der Waals surface area contributed by atoms with Crippen LogP contribution in [0.1, 0.15) is 47.3 Å². The van der Waals surface area contributed by atoms with E-state index >= 15 is 0 Å². The molecule has 4 rings (SSSR count). The van der Waals surface area contributed by atoms with Gasteiger partial charge in [0.1, 0.15) is 5.82 Å². The van der Waals surface area contributed by atoms with Crippen LogP contribution in [0, 0.1) is 11.7 Å². The standard InChI is InChI=1S/C20H24FN3O2/c1-2-26-13-17-12-23(20(25)15-4-3-5-18(21)8-15)11-16-9-22-24(19(16)17)10-14-6-7-14/h3-5,8-9,14,17H,2,6-7,10-13H2,1H3/t17-/m1/s1. The van der Waals surface area contributed by atoms with E-state index in [2.05, 4.69) is 9.78 Å². The fourth-order valence-corrected chi connectivity index (χ4v) is 3.69. The minimum atomic E-state index is -0.392. The van der Waals surface area contributed by atoms with Crippen molar-refractivity contribution in [1.82, 2.24) is 14.7 Å². The predicted molar refractivity (Wildman–Crippen MR) is 95.3 cm³/mol. The normalized spacial score (nSPS) is 19.5. The van der Waals surface area contributed by atoms with Crippen molar-refractivity contribution in [3.05, 3.63) is 53.1 Å². The Balaban J connectivity index is 1.59. The summed E-state index contributed by atoms with van der Waals surface area (Å²) in [5, 5.41) is 4.58. The number of hydrogen-bond acceptors (Lipinski definition) is 3. The smallest absolute Gasteiger partial charge is 0.254 e. The molecule has 2 aliphatic rings. The number of benzene rings is 1. The highest BCUT2D eigenvalue weighted by Gasteiger charge is 2.33. The van der Waals surface area contributed by atoms with Gasteiger partial charge < -0.3 is 9.64 Å². The van der Waals surface area contributed by atoms with Gasteiger partial charge >= 0.3 is 0 Å². The number of nitrogens with zero attached hydrogens (tertiary/aromatic N) is 3. The van der Waals surface area contributed by atoms with Crippen LogP contribution in [-0.4, -0.2) is 40.3 Å². The van der Waals surface area contributed by atoms with Crippen molar-refractivity contribution in [3.8, 4) is 0 Å². The molecule has 26 heavy (non-hydrogen) atoms. The van der Waals surface area contributed by atoms with E-state index in [0.29, 0.717) is 31.9 Å². The molecule has 0 spiro atoms. The number of carbonyl (C=O) groups is 1. The van der Waals surface area contributed by atoms with Gasteiger partial charge in [0.2, 0.25) is 0 Å². The summed E-state index contributed by atoms with van der Waals surface area (Å²) in [4.78, 5) is 14.6. The van der Waals surface area contributed by atoms with Gasteiger partial charge in [-0.05, 0) is 43.9 Å². The van der Waals surface area contributed by atoms with Crippen molar-refractivity contribution in [3.63, 3.8) is 0 Å². The Hall–Kier alpha value is -2.21. The Labute approximate surface area is 152 Å². The quantitative estimate of drug-likeness (QED) is 0.798. The molecule has 0 saturated heterocycles. The Morgan fingerprint density at radius 3 is 2.96 bits per heavy atom. The molecule has 0 radical (unpaired) electrons. The maximum absolute atomic E-state index is 13.5. The van der Waals surface area contributed by atoms with Gasteiger partial charge in [-0.3, -0.25) is 9.48 Å². The van der Waals surface area contributed by atoms with Gasteiger partial charge in [-0.25, -0.2) is 4.39 Å². The summed E-state index contributed by atoms with van der Waals surface area (Å²) in [6, 6.07) is 5.88. The third-order valence-electron chi connectivity index (χ3n) is 5.16. The first-order valence-electron chi connectivity index (χ1n) is 9.33. The van der Waals surface area contributed by atoms with Crippen LogP contribution >= 0.6 is 0 Å². The van der Waals surface area contributed by atoms with Crippen molar-refractivity contribution in [2.24, 2.45) is 5.92 Å². The lowest BCUT2D eigenvalue weighted by Crippen LogP contribution is -2.40. The van der Waals surface area contributed by atoms with Crippen LogP contribution in [0.25, 0.3) is 0 Å². The number of carbonyl (C=O) groups excluding carboxylic acids is 1. The number of amides is 1. The van der Waals surface area contributed by atoms with Gasteiger partial charge in [0.05, 0.1) is 18.5 Å². The van der Waals surface area contributed by atoms with Crippen molar-refractivity contribution in [2.45, 2.75) is 38.8 Å². The SMILES string of the molecule is CCOC[C@H]1CN(C(=O)c2cccc(F)c2)Cc2cnn(CC3CC3)c21. The van der Waals surface area contributed by atoms with Gasteiger partial charge in [0.25, 0.3) is 5.91 Å². The Morgan fingerprint density at radius 2 is 2.23 bits per heavy atom. The minimum absolute atomic E-state index is 0.0949. The number of hydrogen-bond donors (Lipinski definition) is 0. The third-order valence-corrected chi connectivity index (χ3v) is 5.16. The maximum atomic E-state index is 13.5. The fourth-order valence-electron chi connectivity index (χ4n) is 3.69. The molecule has 2 heterocycles. The van der Waals surface area contributed by atoms with Crippen molar-refractivity contribution in [2.75, 3.05) is 19.8 Å². The van der Waals surface area contributed by atoms with Crippen LogP contribution < -0.4 is 0 Å². The molecule has 5 nitrogen and oxygen atoms in total. The molecule has 6 heteroatoms. The molecule has 1 aromatic heterocycles. The highest BCUT2D eigenvalue weighted by molar-refractivity contribution is 5.94. The maximum Gasteiger partial charge on any atom is 0.254 e. The molecule has 0 N–H and O–H groups in total. The summed E-state index contributed by atoms with van der Waals surface area (Å²) in [6.45, 7) is 5.21. The number of ether oxygens (including phenoxy) is 1. The Morgan fingerprint density at radius 1 is 1.38 bits per heavy atom. The summed E-state index contributed by atoms with van der Waals surface area (Å²) in [5.41, 5.74) is 2.66. The van der Waals surface area contributed by atoms with E-state index in [0.717, 1.165) is 18.0 Å². The third kappa shape index (κ3) is 3.51. The van der Waals surface area contributed by atoms with Gasteiger partial charge in [0, 0.05) is 43.3 Å². The first-order chi connectivity index (χ1) is 12.7. The zero-order valence-corrected chi connectivity index (χ0v) is 15.0. The molecule has 1 saturated carbocycles. The molecule has 0 bridgehead atoms. The first-order valence-corrected chi connectivity index (χ1v) is 9.33. The van der Waals surface area contributed by atoms with E-state index in [1.807, 2.05) is 13.1 Å². The molecule has 2 aromatic rings. The van der Waals surface area contributed by atoms with Crippen molar-refractivity contribution in [1.29, 1.82) is 0 Å². The van der Waals surface area contributed by atoms with Gasteiger partial charge in [-0.15, -0.1) is 0 Å². The van der Waals surface area contributed by atoms with E-state index in [4.69, 9.17) is 4.74 Å². The molecular weight excluding hydrogens is 333 g/mol. The molecule has 1 amide bonds. The summed E-state index contributed by atoms with van der Waals surface area (Å²) in [5.74, 6) is 0.291. The van der Waals surface area contributed by atoms with E-state index in [1.165, 1.54) is 30.7 Å². The van der Waals surface area contributed by atoms with Crippen LogP contribution in [0.15, 0.2) is 30.5 Å². The first kappa shape index (κ1) is 17.2. The van der Waals surface area contributed by atoms with E-state index < -0.39 is 5.82 Å². The topological polar surface area (TPSA) is 47.4 Å². The van der Waals surface area contributed by atoms with Crippen LogP contribution in [0.4, 0.5) is 4.39 Å². The van der Waals surface area contributed by atoms with Crippen LogP contribution in [0.3, 0.4) is 0 Å². The molecule has 1 atom stereocenters. The van der Waals surface area contributed by atoms with E-state index in [1.54, 1.807) is 17.0 Å². The number of rotatable bonds is 6. The summed E-state index contributed by atoms with van der Waals surface area (Å²) in [7, 11) is 0. The van der Waals surface area contributed by atoms with Gasteiger partial charge in [0.15, 0.2) is 0 Å². The molecule has 0 unspecified atom stereocenters. The zero-order chi connectivity index (χ0) is 18.1. The molecule has 1 fully saturated rings. The molecular formula is C20H24FN3O2. The lowest BCUT2D eigenvalue weighted by atomic mass is 9.96. The minimum Gasteiger partial charge on any atom is -0.381 e. The average molecular weight is 357 g/mol. The molecule has 1 aliphatic heterocycles. The Bertz CT molecular complexity index is 800. The van der Waals surface area contributed by atoms with Crippen LogP contribution in [0.5, 0.6) is 0 Å². The van der Waals surface area contributed by atoms with E-state index in [-0.39, 0.29) is 11.8 Å². The molecule has 1 aromatic carbocycles. The van der Waals surface area contributed by atoms with Crippen LogP contribution in [0.2, 0.25) is 0 Å². The fraction of sp³-hybridized carbons (Fsp3) is 0.500. The van der Waals surface area contributed by atoms with Gasteiger partial charge in [-0.1, -0.05) is 6.07 Å². The zero-order valence-electron chi connectivity index (χ0n) is 15.0. The highest BCUT2D eigenvalue weighted by Crippen LogP contribution is 2.34. The predicted octanol–water partition coefficient (Wildman–Crippen LogP) is 3.21. The largest absolute Gasteiger partial charge is 0.381 e. The molecule has 1 aliphatic carbocycles. The Kier molecular flexibility index (Phi) is 4.76. The lowest BCUT2D eigenvalue weighted by molar-refractivity contribution is 0.0646. The second-order valence-corrected chi connectivity index (χ2v) is 7.23. The highest BCUT2D eigenvalue weighted by atomic mass is 19.1. The number of aromatic nitrogens is 2. The second-order valence-electron chi connectivity index (χ2n) is 7.23. The summed E-state index contributed by atoms with van der Waals surface area (Å²) < 4.78 is 21.3. The van der Waals surface area contributed by atoms with Crippen molar-refractivity contribution < 1.29 is 13.9 Å². The van der Waals surface area contributed by atoms with Crippen LogP contribution in [-0.2, 0) is 17.8 Å². The van der Waals surface area contributed by atoms with E-state index in [9.17, 15) is 9.18 Å². The number of halogens is 1. The second kappa shape index (κ2) is 7.19. The lowest BCUT2D eigenvalue weighted by Gasteiger charge is -2.33. The van der Waals surface area contributed by atoms with Crippen molar-refractivity contribution >= 4 is 5.91 Å². The number of fused-ring (bicyclic) bond motifs is 1. The van der Waals surface area contributed by atoms with Gasteiger partial charge in [-0.2, -0.15) is 5.10 Å². The molecule has 138 valence electrons. The average Bonchev–Trinajstić information content (AvgIpc) is 3.37. The summed E-state index contributed by atoms with van der Waals surface area (Å²) in [6.07, 6.45) is 4.42.